The molecule has 0 bridgehead atoms. The molecule has 95 heavy (non-hydrogen) atoms. The summed E-state index contributed by atoms with van der Waals surface area (Å²) >= 11 is 0. The Morgan fingerprint density at radius 2 is 0.589 bits per heavy atom. The third kappa shape index (κ3) is 6.45. The van der Waals surface area contributed by atoms with E-state index >= 15 is 0 Å². The quantitative estimate of drug-likeness (QED) is 0.176. The highest BCUT2D eigenvalue weighted by Crippen LogP contribution is 2.67. The summed E-state index contributed by atoms with van der Waals surface area (Å²) < 4.78 is 21.5. The van der Waals surface area contributed by atoms with Gasteiger partial charge in [0.1, 0.15) is 33.5 Å². The Morgan fingerprint density at radius 3 is 1.11 bits per heavy atom. The summed E-state index contributed by atoms with van der Waals surface area (Å²) in [5.74, 6) is 0. The number of rotatable bonds is 4. The Labute approximate surface area is 551 Å². The van der Waals surface area contributed by atoms with Gasteiger partial charge in [0.05, 0.1) is 0 Å². The van der Waals surface area contributed by atoms with Crippen molar-refractivity contribution in [3.63, 3.8) is 0 Å². The first-order chi connectivity index (χ1) is 45.9. The van der Waals surface area contributed by atoms with Gasteiger partial charge in [-0.25, -0.2) is 0 Å². The minimum Gasteiger partial charge on any atom is -0.455 e. The zero-order valence-corrected chi connectivity index (χ0v) is 55.0. The van der Waals surface area contributed by atoms with Gasteiger partial charge in [-0.05, 0) is 177 Å². The lowest BCUT2D eigenvalue weighted by Gasteiger charge is -2.33. The summed E-state index contributed by atoms with van der Waals surface area (Å²) in [6.45, 7) is 24.5. The van der Waals surface area contributed by atoms with Crippen LogP contribution in [-0.4, -0.2) is 0 Å². The van der Waals surface area contributed by atoms with Gasteiger partial charge >= 0.3 is 0 Å². The summed E-state index contributed by atoms with van der Waals surface area (Å²) in [6, 6.07) is 84.2. The van der Waals surface area contributed by atoms with Gasteiger partial charge in [0.2, 0.25) is 0 Å². The van der Waals surface area contributed by atoms with Crippen molar-refractivity contribution < 1.29 is 13.3 Å². The van der Waals surface area contributed by atoms with Crippen molar-refractivity contribution in [2.75, 3.05) is 4.90 Å². The first kappa shape index (κ1) is 53.8. The molecule has 0 saturated heterocycles. The number of anilines is 3. The summed E-state index contributed by atoms with van der Waals surface area (Å²) in [5, 5.41) is 9.48. The second kappa shape index (κ2) is 17.6. The van der Waals surface area contributed by atoms with Crippen LogP contribution in [0.3, 0.4) is 0 Å². The molecule has 0 saturated carbocycles. The molecule has 0 spiro atoms. The predicted molar refractivity (Wildman–Crippen MR) is 394 cm³/mol. The molecule has 5 aliphatic rings. The van der Waals surface area contributed by atoms with Crippen LogP contribution in [0.15, 0.2) is 238 Å². The van der Waals surface area contributed by atoms with Crippen molar-refractivity contribution in [3.05, 3.63) is 280 Å². The Morgan fingerprint density at radius 1 is 0.242 bits per heavy atom. The molecule has 4 heteroatoms. The van der Waals surface area contributed by atoms with Crippen LogP contribution in [0.1, 0.15) is 125 Å². The lowest BCUT2D eigenvalue weighted by atomic mass is 9.72. The smallest absolute Gasteiger partial charge is 0.144 e. The molecule has 4 nitrogen and oxygen atoms in total. The predicted octanol–water partition coefficient (Wildman–Crippen LogP) is 25.2. The van der Waals surface area contributed by atoms with E-state index in [1.54, 1.807) is 0 Å². The van der Waals surface area contributed by atoms with Gasteiger partial charge in [-0.1, -0.05) is 233 Å². The van der Waals surface area contributed by atoms with Crippen LogP contribution in [0.2, 0.25) is 0 Å². The standard InChI is InChI=1S/C91H67NO3/c1-87(2)65-44-49(38-41-56(65)72-68(87)47-62(53-32-23-25-48-24-11-12-26-52(48)53)84-75(72)59-29-15-20-35-69(59)93-84)92(50-39-42-57-66(45-50)90(7,8)81-74(57)77-61-31-17-22-37-71(61)94-85(77)78-55-28-14-19-34-64(55)89(5,6)82(78)81)51-40-43-58-67(46-51)91(9,10)83-79(58)86-76(60-30-16-21-36-70(60)95-86)73-54-27-13-18-33-63(54)88(3,4)80(73)83/h11-47H,1-10H3. The maximum Gasteiger partial charge on any atom is 0.144 e. The van der Waals surface area contributed by atoms with Crippen molar-refractivity contribution in [2.24, 2.45) is 0 Å². The van der Waals surface area contributed by atoms with Crippen molar-refractivity contribution >= 4 is 93.7 Å². The fourth-order valence-corrected chi connectivity index (χ4v) is 19.6. The molecule has 0 atom stereocenters. The zero-order valence-electron chi connectivity index (χ0n) is 55.0. The molecule has 0 unspecified atom stereocenters. The summed E-state index contributed by atoms with van der Waals surface area (Å²) in [4.78, 5) is 2.58. The maximum absolute atomic E-state index is 7.23. The van der Waals surface area contributed by atoms with E-state index in [2.05, 4.69) is 299 Å². The second-order valence-corrected chi connectivity index (χ2v) is 30.5. The summed E-state index contributed by atoms with van der Waals surface area (Å²) in [7, 11) is 0. The van der Waals surface area contributed by atoms with E-state index in [1.165, 1.54) is 144 Å². The highest BCUT2D eigenvalue weighted by Gasteiger charge is 2.51. The lowest BCUT2D eigenvalue weighted by Crippen LogP contribution is -2.24. The Kier molecular flexibility index (Phi) is 9.94. The molecule has 5 aliphatic carbocycles. The van der Waals surface area contributed by atoms with E-state index in [9.17, 15) is 0 Å². The molecule has 13 aromatic carbocycles. The second-order valence-electron chi connectivity index (χ2n) is 30.5. The largest absolute Gasteiger partial charge is 0.455 e. The Hall–Kier alpha value is -10.7. The van der Waals surface area contributed by atoms with Crippen molar-refractivity contribution in [3.8, 4) is 66.8 Å². The zero-order chi connectivity index (χ0) is 63.9. The van der Waals surface area contributed by atoms with Crippen LogP contribution < -0.4 is 4.90 Å². The van der Waals surface area contributed by atoms with Gasteiger partial charge in [-0.15, -0.1) is 0 Å². The van der Waals surface area contributed by atoms with Crippen molar-refractivity contribution in [2.45, 2.75) is 96.3 Å². The lowest BCUT2D eigenvalue weighted by molar-refractivity contribution is 0.600. The van der Waals surface area contributed by atoms with Crippen LogP contribution in [0.5, 0.6) is 0 Å². The monoisotopic (exact) mass is 1220 g/mol. The molecular formula is C91H67NO3. The molecule has 16 aromatic rings. The van der Waals surface area contributed by atoms with E-state index in [0.717, 1.165) is 72.3 Å². The van der Waals surface area contributed by atoms with Gasteiger partial charge in [0.25, 0.3) is 0 Å². The van der Waals surface area contributed by atoms with Crippen LogP contribution in [0.25, 0.3) is 143 Å². The Bertz CT molecular complexity index is 6260. The van der Waals surface area contributed by atoms with Crippen LogP contribution >= 0.6 is 0 Å². The van der Waals surface area contributed by atoms with Crippen LogP contribution in [0.4, 0.5) is 17.1 Å². The number of hydrogen-bond acceptors (Lipinski definition) is 4. The summed E-state index contributed by atoms with van der Waals surface area (Å²) in [6.07, 6.45) is 0. The number of para-hydroxylation sites is 3. The maximum atomic E-state index is 7.23. The van der Waals surface area contributed by atoms with Gasteiger partial charge in [0, 0.05) is 93.1 Å². The highest BCUT2D eigenvalue weighted by molar-refractivity contribution is 6.24. The normalized spacial score (nSPS) is 16.3. The third-order valence-electron chi connectivity index (χ3n) is 23.9. The van der Waals surface area contributed by atoms with E-state index in [0.29, 0.717) is 0 Å². The van der Waals surface area contributed by atoms with Crippen LogP contribution in [0, 0.1) is 0 Å². The van der Waals surface area contributed by atoms with E-state index in [-0.39, 0.29) is 10.8 Å². The molecule has 3 heterocycles. The Balaban J connectivity index is 0.813. The van der Waals surface area contributed by atoms with Crippen LogP contribution in [-0.2, 0) is 27.1 Å². The number of nitrogens with zero attached hydrogens (tertiary/aromatic N) is 1. The number of hydrogen-bond donors (Lipinski definition) is 0. The summed E-state index contributed by atoms with van der Waals surface area (Å²) in [5.41, 5.74) is 35.6. The molecule has 0 fully saturated rings. The SMILES string of the molecule is CC1(C)c2cc(N(c3ccc4c(c3)C(C)(C)c3c5c(c6c(oc7ccccc76)c3-4)-c3ccccc3C5(C)C)c3ccc4c(c3)C(C)(C)c3c5c(c6oc7ccccc7c6c3-4)-c3ccccc3C5(C)C)ccc2-c2c1cc(-c1cccc3ccccc13)c1oc3ccccc3c21. The minimum absolute atomic E-state index is 0.267. The van der Waals surface area contributed by atoms with E-state index in [1.807, 2.05) is 0 Å². The number of fused-ring (bicyclic) bond motifs is 32. The molecule has 21 rings (SSSR count). The van der Waals surface area contributed by atoms with E-state index < -0.39 is 16.2 Å². The first-order valence-corrected chi connectivity index (χ1v) is 33.9. The third-order valence-corrected chi connectivity index (χ3v) is 23.9. The molecule has 0 radical (unpaired) electrons. The topological polar surface area (TPSA) is 42.7 Å². The highest BCUT2D eigenvalue weighted by atomic mass is 16.3. The molecule has 0 aliphatic heterocycles. The van der Waals surface area contributed by atoms with Crippen molar-refractivity contribution in [1.82, 2.24) is 0 Å². The van der Waals surface area contributed by atoms with Crippen molar-refractivity contribution in [1.29, 1.82) is 0 Å². The van der Waals surface area contributed by atoms with Gasteiger partial charge in [-0.2, -0.15) is 0 Å². The average Bonchev–Trinajstić information content (AvgIpc) is 1.51. The van der Waals surface area contributed by atoms with E-state index in [4.69, 9.17) is 13.3 Å². The van der Waals surface area contributed by atoms with Gasteiger partial charge in [-0.3, -0.25) is 0 Å². The molecule has 0 N–H and O–H groups in total. The molecule has 0 amide bonds. The fraction of sp³-hybridized carbons (Fsp3) is 0.165. The van der Waals surface area contributed by atoms with Gasteiger partial charge in [0.15, 0.2) is 0 Å². The molecule has 454 valence electrons. The van der Waals surface area contributed by atoms with Gasteiger partial charge < -0.3 is 18.2 Å². The minimum atomic E-state index is -0.421. The fourth-order valence-electron chi connectivity index (χ4n) is 19.6. The molecule has 3 aromatic heterocycles. The molecular weight excluding hydrogens is 1160 g/mol. The number of benzene rings is 13. The average molecular weight is 1220 g/mol. The first-order valence-electron chi connectivity index (χ1n) is 33.9. The number of furan rings is 3.